The van der Waals surface area contributed by atoms with Gasteiger partial charge in [0.05, 0.1) is 0 Å². The maximum atomic E-state index is 13.6. The summed E-state index contributed by atoms with van der Waals surface area (Å²) < 4.78 is 71.0. The standard InChI is InChI=1S/C19H10F5NO3S/c1-29-9-4-2-8(3-5-9)11-7-6-10(18(26)25-11)19(27)28-17-15(23)13(21)12(20)14(22)16(17)24/h2-7H,1H3,(H,25,26). The monoisotopic (exact) mass is 427 g/mol. The summed E-state index contributed by atoms with van der Waals surface area (Å²) in [6.07, 6.45) is 1.89. The van der Waals surface area contributed by atoms with Crippen molar-refractivity contribution in [3.63, 3.8) is 0 Å². The molecule has 0 aliphatic carbocycles. The smallest absolute Gasteiger partial charge is 0.349 e. The van der Waals surface area contributed by atoms with Crippen molar-refractivity contribution in [1.29, 1.82) is 0 Å². The van der Waals surface area contributed by atoms with Crippen LogP contribution in [0, 0.1) is 29.1 Å². The molecule has 0 aliphatic heterocycles. The molecule has 1 N–H and O–H groups in total. The third-order valence-corrected chi connectivity index (χ3v) is 4.64. The number of hydrogen-bond acceptors (Lipinski definition) is 4. The van der Waals surface area contributed by atoms with Gasteiger partial charge in [-0.15, -0.1) is 11.8 Å². The van der Waals surface area contributed by atoms with Gasteiger partial charge in [0.25, 0.3) is 5.56 Å². The van der Waals surface area contributed by atoms with E-state index in [4.69, 9.17) is 0 Å². The topological polar surface area (TPSA) is 59.2 Å². The summed E-state index contributed by atoms with van der Waals surface area (Å²) >= 11 is 1.52. The number of ether oxygens (including phenoxy) is 1. The second-order valence-electron chi connectivity index (χ2n) is 5.63. The number of pyridine rings is 1. The van der Waals surface area contributed by atoms with Crippen molar-refractivity contribution in [2.24, 2.45) is 0 Å². The van der Waals surface area contributed by atoms with Crippen LogP contribution in [-0.2, 0) is 0 Å². The van der Waals surface area contributed by atoms with Crippen molar-refractivity contribution >= 4 is 17.7 Å². The number of benzene rings is 2. The average molecular weight is 427 g/mol. The molecule has 0 saturated carbocycles. The van der Waals surface area contributed by atoms with E-state index in [-0.39, 0.29) is 0 Å². The fourth-order valence-electron chi connectivity index (χ4n) is 2.40. The summed E-state index contributed by atoms with van der Waals surface area (Å²) in [5.41, 5.74) is -0.682. The third-order valence-electron chi connectivity index (χ3n) is 3.89. The zero-order valence-corrected chi connectivity index (χ0v) is 15.3. The largest absolute Gasteiger partial charge is 0.416 e. The molecule has 0 amide bonds. The second-order valence-corrected chi connectivity index (χ2v) is 6.51. The summed E-state index contributed by atoms with van der Waals surface area (Å²) in [6.45, 7) is 0. The summed E-state index contributed by atoms with van der Waals surface area (Å²) in [4.78, 5) is 27.6. The van der Waals surface area contributed by atoms with Crippen LogP contribution < -0.4 is 10.3 Å². The number of carbonyl (C=O) groups is 1. The minimum atomic E-state index is -2.39. The Bertz CT molecular complexity index is 1130. The van der Waals surface area contributed by atoms with Crippen LogP contribution >= 0.6 is 11.8 Å². The van der Waals surface area contributed by atoms with E-state index in [2.05, 4.69) is 9.72 Å². The van der Waals surface area contributed by atoms with Gasteiger partial charge >= 0.3 is 5.97 Å². The number of aromatic nitrogens is 1. The van der Waals surface area contributed by atoms with Crippen LogP contribution in [0.4, 0.5) is 22.0 Å². The van der Waals surface area contributed by atoms with E-state index in [1.54, 1.807) is 12.1 Å². The number of hydrogen-bond donors (Lipinski definition) is 1. The molecular formula is C19H10F5NO3S. The van der Waals surface area contributed by atoms with E-state index < -0.39 is 51.9 Å². The number of esters is 1. The molecule has 0 radical (unpaired) electrons. The molecule has 29 heavy (non-hydrogen) atoms. The highest BCUT2D eigenvalue weighted by atomic mass is 32.2. The Morgan fingerprint density at radius 2 is 1.41 bits per heavy atom. The van der Waals surface area contributed by atoms with Gasteiger partial charge in [-0.3, -0.25) is 4.79 Å². The molecule has 0 aliphatic rings. The molecule has 10 heteroatoms. The zero-order chi connectivity index (χ0) is 21.3. The first-order valence-electron chi connectivity index (χ1n) is 7.86. The normalized spacial score (nSPS) is 10.8. The van der Waals surface area contributed by atoms with Gasteiger partial charge in [-0.05, 0) is 36.1 Å². The number of carbonyl (C=O) groups excluding carboxylic acids is 1. The van der Waals surface area contributed by atoms with Gasteiger partial charge in [0.15, 0.2) is 0 Å². The summed E-state index contributed by atoms with van der Waals surface area (Å²) in [6, 6.07) is 9.43. The van der Waals surface area contributed by atoms with Gasteiger partial charge in [0.2, 0.25) is 34.8 Å². The molecule has 0 spiro atoms. The van der Waals surface area contributed by atoms with Crippen molar-refractivity contribution in [2.45, 2.75) is 4.90 Å². The summed E-state index contributed by atoms with van der Waals surface area (Å²) in [5.74, 6) is -15.0. The average Bonchev–Trinajstić information content (AvgIpc) is 2.73. The Morgan fingerprint density at radius 1 is 0.862 bits per heavy atom. The maximum Gasteiger partial charge on any atom is 0.349 e. The van der Waals surface area contributed by atoms with Crippen LogP contribution in [-0.4, -0.2) is 17.2 Å². The zero-order valence-electron chi connectivity index (χ0n) is 14.5. The Balaban J connectivity index is 1.92. The molecule has 4 nitrogen and oxygen atoms in total. The van der Waals surface area contributed by atoms with Gasteiger partial charge in [-0.25, -0.2) is 18.0 Å². The predicted molar refractivity (Wildman–Crippen MR) is 95.5 cm³/mol. The van der Waals surface area contributed by atoms with E-state index in [0.717, 1.165) is 11.0 Å². The van der Waals surface area contributed by atoms with E-state index in [1.807, 2.05) is 18.4 Å². The van der Waals surface area contributed by atoms with Crippen molar-refractivity contribution in [2.75, 3.05) is 6.26 Å². The molecule has 3 aromatic rings. The number of H-pyrrole nitrogens is 1. The lowest BCUT2D eigenvalue weighted by Crippen LogP contribution is -2.23. The Kier molecular flexibility index (Phi) is 5.73. The molecule has 0 unspecified atom stereocenters. The Labute approximate surface area is 164 Å². The van der Waals surface area contributed by atoms with Gasteiger partial charge in [0, 0.05) is 10.6 Å². The second kappa shape index (κ2) is 8.08. The van der Waals surface area contributed by atoms with Gasteiger partial charge < -0.3 is 9.72 Å². The molecule has 1 aromatic heterocycles. The van der Waals surface area contributed by atoms with Crippen LogP contribution in [0.5, 0.6) is 5.75 Å². The molecule has 1 heterocycles. The number of halogens is 5. The number of aromatic amines is 1. The minimum absolute atomic E-state index is 0.343. The lowest BCUT2D eigenvalue weighted by molar-refractivity contribution is 0.0714. The predicted octanol–water partition coefficient (Wildman–Crippen LogP) is 4.68. The van der Waals surface area contributed by atoms with E-state index in [0.29, 0.717) is 11.3 Å². The summed E-state index contributed by atoms with van der Waals surface area (Å²) in [5, 5.41) is 0. The van der Waals surface area contributed by atoms with E-state index >= 15 is 0 Å². The highest BCUT2D eigenvalue weighted by molar-refractivity contribution is 7.98. The van der Waals surface area contributed by atoms with Crippen molar-refractivity contribution in [3.8, 4) is 17.0 Å². The molecule has 2 aromatic carbocycles. The third kappa shape index (κ3) is 3.88. The first kappa shape index (κ1) is 20.6. The SMILES string of the molecule is CSc1ccc(-c2ccc(C(=O)Oc3c(F)c(F)c(F)c(F)c3F)c(=O)[nH]2)cc1. The summed E-state index contributed by atoms with van der Waals surface area (Å²) in [7, 11) is 0. The Hall–Kier alpha value is -3.14. The van der Waals surface area contributed by atoms with E-state index in [1.165, 1.54) is 17.8 Å². The fourth-order valence-corrected chi connectivity index (χ4v) is 2.80. The van der Waals surface area contributed by atoms with Crippen molar-refractivity contribution in [1.82, 2.24) is 4.98 Å². The van der Waals surface area contributed by atoms with Gasteiger partial charge in [-0.1, -0.05) is 12.1 Å². The number of nitrogens with one attached hydrogen (secondary N) is 1. The Morgan fingerprint density at radius 3 is 1.93 bits per heavy atom. The first-order valence-corrected chi connectivity index (χ1v) is 9.08. The molecule has 3 rings (SSSR count). The maximum absolute atomic E-state index is 13.6. The molecule has 0 fully saturated rings. The van der Waals surface area contributed by atoms with Crippen molar-refractivity contribution < 1.29 is 31.5 Å². The molecular weight excluding hydrogens is 417 g/mol. The number of rotatable bonds is 4. The minimum Gasteiger partial charge on any atom is -0.416 e. The van der Waals surface area contributed by atoms with E-state index in [9.17, 15) is 31.5 Å². The quantitative estimate of drug-likeness (QED) is 0.164. The number of thioether (sulfide) groups is 1. The van der Waals surface area contributed by atoms with Gasteiger partial charge in [-0.2, -0.15) is 8.78 Å². The lowest BCUT2D eigenvalue weighted by atomic mass is 10.1. The molecule has 0 bridgehead atoms. The van der Waals surface area contributed by atoms with Crippen LogP contribution in [0.1, 0.15) is 10.4 Å². The lowest BCUT2D eigenvalue weighted by Gasteiger charge is -2.09. The first-order chi connectivity index (χ1) is 13.7. The van der Waals surface area contributed by atoms with Crippen LogP contribution in [0.2, 0.25) is 0 Å². The fraction of sp³-hybridized carbons (Fsp3) is 0.0526. The molecule has 0 atom stereocenters. The highest BCUT2D eigenvalue weighted by Crippen LogP contribution is 2.29. The highest BCUT2D eigenvalue weighted by Gasteiger charge is 2.29. The van der Waals surface area contributed by atoms with Crippen LogP contribution in [0.15, 0.2) is 46.1 Å². The van der Waals surface area contributed by atoms with Gasteiger partial charge in [0.1, 0.15) is 5.56 Å². The van der Waals surface area contributed by atoms with Crippen molar-refractivity contribution in [3.05, 3.63) is 81.4 Å². The van der Waals surface area contributed by atoms with Crippen LogP contribution in [0.3, 0.4) is 0 Å². The van der Waals surface area contributed by atoms with Crippen LogP contribution in [0.25, 0.3) is 11.3 Å². The molecule has 150 valence electrons. The molecule has 0 saturated heterocycles.